The van der Waals surface area contributed by atoms with Crippen LogP contribution in [0.3, 0.4) is 0 Å². The number of thiocarbonyl (C=S) groups is 1. The molecule has 0 aromatic heterocycles. The third kappa shape index (κ3) is 3.57. The van der Waals surface area contributed by atoms with Crippen molar-refractivity contribution in [2.24, 2.45) is 5.73 Å². The van der Waals surface area contributed by atoms with Crippen molar-refractivity contribution in [3.63, 3.8) is 0 Å². The van der Waals surface area contributed by atoms with E-state index in [1.54, 1.807) is 12.1 Å². The molecule has 0 spiro atoms. The van der Waals surface area contributed by atoms with Crippen molar-refractivity contribution >= 4 is 34.6 Å². The van der Waals surface area contributed by atoms with Crippen LogP contribution in [0.5, 0.6) is 5.75 Å². The van der Waals surface area contributed by atoms with Crippen molar-refractivity contribution in [3.8, 4) is 5.75 Å². The molecule has 1 aromatic rings. The highest BCUT2D eigenvalue weighted by Crippen LogP contribution is 2.33. The summed E-state index contributed by atoms with van der Waals surface area (Å²) >= 11 is 10.8. The van der Waals surface area contributed by atoms with Crippen LogP contribution in [0.15, 0.2) is 18.2 Å². The lowest BCUT2D eigenvalue weighted by Crippen LogP contribution is -2.20. The second kappa shape index (κ2) is 5.19. The predicted octanol–water partition coefficient (Wildman–Crippen LogP) is 2.78. The van der Waals surface area contributed by atoms with Gasteiger partial charge in [0, 0.05) is 0 Å². The first-order chi connectivity index (χ1) is 7.00. The maximum Gasteiger partial charge on any atom is 0.168 e. The lowest BCUT2D eigenvalue weighted by atomic mass is 10.3. The number of benzene rings is 1. The summed E-state index contributed by atoms with van der Waals surface area (Å²) < 4.78 is 5.57. The van der Waals surface area contributed by atoms with E-state index in [2.05, 4.69) is 5.32 Å². The van der Waals surface area contributed by atoms with E-state index in [0.717, 1.165) is 0 Å². The van der Waals surface area contributed by atoms with Gasteiger partial charge in [0.1, 0.15) is 0 Å². The molecule has 1 aromatic carbocycles. The van der Waals surface area contributed by atoms with E-state index in [1.165, 1.54) is 0 Å². The molecular formula is C10H13ClN2OS. The van der Waals surface area contributed by atoms with Gasteiger partial charge in [-0.1, -0.05) is 17.7 Å². The molecule has 5 heteroatoms. The normalized spacial score (nSPS) is 10.1. The Morgan fingerprint density at radius 3 is 2.73 bits per heavy atom. The molecule has 0 heterocycles. The van der Waals surface area contributed by atoms with Gasteiger partial charge < -0.3 is 15.8 Å². The number of halogens is 1. The predicted molar refractivity (Wildman–Crippen MR) is 67.6 cm³/mol. The van der Waals surface area contributed by atoms with Crippen molar-refractivity contribution in [2.45, 2.75) is 20.0 Å². The molecule has 0 radical (unpaired) electrons. The van der Waals surface area contributed by atoms with Crippen molar-refractivity contribution < 1.29 is 4.74 Å². The van der Waals surface area contributed by atoms with E-state index in [0.29, 0.717) is 16.5 Å². The van der Waals surface area contributed by atoms with Crippen LogP contribution in [0.2, 0.25) is 5.02 Å². The van der Waals surface area contributed by atoms with Gasteiger partial charge in [-0.15, -0.1) is 0 Å². The Hall–Kier alpha value is -1.00. The summed E-state index contributed by atoms with van der Waals surface area (Å²) in [4.78, 5) is 0. The highest BCUT2D eigenvalue weighted by Gasteiger charge is 2.10. The zero-order valence-corrected chi connectivity index (χ0v) is 10.2. The zero-order chi connectivity index (χ0) is 11.4. The van der Waals surface area contributed by atoms with E-state index in [1.807, 2.05) is 19.9 Å². The molecule has 0 bridgehead atoms. The molecule has 0 aliphatic carbocycles. The summed E-state index contributed by atoms with van der Waals surface area (Å²) in [5.74, 6) is 0.571. The van der Waals surface area contributed by atoms with Crippen LogP contribution >= 0.6 is 23.8 Å². The summed E-state index contributed by atoms with van der Waals surface area (Å²) in [5, 5.41) is 3.54. The fraction of sp³-hybridized carbons (Fsp3) is 0.300. The minimum absolute atomic E-state index is 0.0387. The van der Waals surface area contributed by atoms with Crippen molar-refractivity contribution in [1.29, 1.82) is 0 Å². The molecule has 0 saturated carbocycles. The first kappa shape index (κ1) is 12.1. The van der Waals surface area contributed by atoms with Crippen LogP contribution in [0, 0.1) is 0 Å². The summed E-state index contributed by atoms with van der Waals surface area (Å²) in [7, 11) is 0. The fourth-order valence-corrected chi connectivity index (χ4v) is 1.42. The Morgan fingerprint density at radius 1 is 1.53 bits per heavy atom. The number of anilines is 1. The van der Waals surface area contributed by atoms with Crippen molar-refractivity contribution in [3.05, 3.63) is 23.2 Å². The van der Waals surface area contributed by atoms with Gasteiger partial charge in [0.25, 0.3) is 0 Å². The Morgan fingerprint density at radius 2 is 2.20 bits per heavy atom. The SMILES string of the molecule is CC(C)Oc1c(Cl)cccc1NC(N)=S. The Labute approximate surface area is 99.6 Å². The van der Waals surface area contributed by atoms with Gasteiger partial charge in [0.2, 0.25) is 0 Å². The molecule has 0 atom stereocenters. The van der Waals surface area contributed by atoms with Gasteiger partial charge in [0.05, 0.1) is 16.8 Å². The average molecular weight is 245 g/mol. The van der Waals surface area contributed by atoms with E-state index in [9.17, 15) is 0 Å². The largest absolute Gasteiger partial charge is 0.487 e. The molecule has 0 fully saturated rings. The van der Waals surface area contributed by atoms with Crippen LogP contribution in [0.1, 0.15) is 13.8 Å². The number of nitrogens with two attached hydrogens (primary N) is 1. The van der Waals surface area contributed by atoms with Crippen molar-refractivity contribution in [1.82, 2.24) is 0 Å². The molecule has 1 rings (SSSR count). The first-order valence-corrected chi connectivity index (χ1v) is 5.31. The summed E-state index contributed by atoms with van der Waals surface area (Å²) in [6.07, 6.45) is 0.0387. The van der Waals surface area contributed by atoms with Gasteiger partial charge in [-0.05, 0) is 38.2 Å². The Bertz CT molecular complexity index is 368. The number of hydrogen-bond acceptors (Lipinski definition) is 2. The summed E-state index contributed by atoms with van der Waals surface area (Å²) in [6, 6.07) is 5.36. The Balaban J connectivity index is 3.02. The monoisotopic (exact) mass is 244 g/mol. The Kier molecular flexibility index (Phi) is 4.17. The van der Waals surface area contributed by atoms with Gasteiger partial charge in [-0.3, -0.25) is 0 Å². The molecule has 82 valence electrons. The average Bonchev–Trinajstić information content (AvgIpc) is 2.09. The van der Waals surface area contributed by atoms with Crippen LogP contribution in [0.25, 0.3) is 0 Å². The second-order valence-corrected chi connectivity index (χ2v) is 4.12. The van der Waals surface area contributed by atoms with Gasteiger partial charge >= 0.3 is 0 Å². The number of para-hydroxylation sites is 1. The molecule has 3 N–H and O–H groups in total. The highest BCUT2D eigenvalue weighted by atomic mass is 35.5. The van der Waals surface area contributed by atoms with Gasteiger partial charge in [0.15, 0.2) is 10.9 Å². The van der Waals surface area contributed by atoms with Crippen LogP contribution in [0.4, 0.5) is 5.69 Å². The first-order valence-electron chi connectivity index (χ1n) is 4.52. The zero-order valence-electron chi connectivity index (χ0n) is 8.58. The number of rotatable bonds is 3. The van der Waals surface area contributed by atoms with Gasteiger partial charge in [-0.2, -0.15) is 0 Å². The maximum atomic E-state index is 6.01. The lowest BCUT2D eigenvalue weighted by molar-refractivity contribution is 0.244. The molecule has 0 aliphatic heterocycles. The van der Waals surface area contributed by atoms with Crippen LogP contribution in [-0.4, -0.2) is 11.2 Å². The lowest BCUT2D eigenvalue weighted by Gasteiger charge is -2.16. The quantitative estimate of drug-likeness (QED) is 0.803. The smallest absolute Gasteiger partial charge is 0.168 e. The van der Waals surface area contributed by atoms with E-state index >= 15 is 0 Å². The number of ether oxygens (including phenoxy) is 1. The van der Waals surface area contributed by atoms with E-state index in [-0.39, 0.29) is 11.2 Å². The summed E-state index contributed by atoms with van der Waals surface area (Å²) in [6.45, 7) is 3.85. The van der Waals surface area contributed by atoms with Crippen LogP contribution < -0.4 is 15.8 Å². The maximum absolute atomic E-state index is 6.01. The fourth-order valence-electron chi connectivity index (χ4n) is 1.10. The molecule has 0 amide bonds. The molecular weight excluding hydrogens is 232 g/mol. The van der Waals surface area contributed by atoms with Crippen LogP contribution in [-0.2, 0) is 0 Å². The summed E-state index contributed by atoms with van der Waals surface area (Å²) in [5.41, 5.74) is 6.08. The number of nitrogens with one attached hydrogen (secondary N) is 1. The minimum Gasteiger partial charge on any atom is -0.487 e. The molecule has 3 nitrogen and oxygen atoms in total. The van der Waals surface area contributed by atoms with E-state index in [4.69, 9.17) is 34.3 Å². The highest BCUT2D eigenvalue weighted by molar-refractivity contribution is 7.80. The molecule has 15 heavy (non-hydrogen) atoms. The topological polar surface area (TPSA) is 47.3 Å². The molecule has 0 aliphatic rings. The number of hydrogen-bond donors (Lipinski definition) is 2. The third-order valence-electron chi connectivity index (χ3n) is 1.58. The molecule has 0 saturated heterocycles. The third-order valence-corrected chi connectivity index (χ3v) is 1.98. The van der Waals surface area contributed by atoms with E-state index < -0.39 is 0 Å². The van der Waals surface area contributed by atoms with Crippen molar-refractivity contribution in [2.75, 3.05) is 5.32 Å². The van der Waals surface area contributed by atoms with Gasteiger partial charge in [-0.25, -0.2) is 0 Å². The molecule has 0 unspecified atom stereocenters. The minimum atomic E-state index is 0.0387. The second-order valence-electron chi connectivity index (χ2n) is 3.27. The standard InChI is InChI=1S/C10H13ClN2OS/c1-6(2)14-9-7(11)4-3-5-8(9)13-10(12)15/h3-6H,1-2H3,(H3,12,13,15).